The van der Waals surface area contributed by atoms with Crippen LogP contribution in [-0.4, -0.2) is 11.9 Å². The van der Waals surface area contributed by atoms with Crippen LogP contribution in [0.4, 0.5) is 22.4 Å². The van der Waals surface area contributed by atoms with E-state index < -0.39 is 35.1 Å². The Labute approximate surface area is 92.4 Å². The fourth-order valence-electron chi connectivity index (χ4n) is 1.05. The van der Waals surface area contributed by atoms with E-state index in [0.29, 0.717) is 12.1 Å². The van der Waals surface area contributed by atoms with Gasteiger partial charge >= 0.3 is 12.2 Å². The lowest BCUT2D eigenvalue weighted by molar-refractivity contribution is -0.137. The minimum absolute atomic E-state index is 0.163. The van der Waals surface area contributed by atoms with E-state index in [1.807, 2.05) is 0 Å². The molecule has 0 spiro atoms. The number of benzene rings is 1. The summed E-state index contributed by atoms with van der Waals surface area (Å²) in [7, 11) is 0. The molecular formula is C9H6F4N2O2. The number of nitrogens with two attached hydrogens (primary N) is 1. The highest BCUT2D eigenvalue weighted by Gasteiger charge is 2.31. The van der Waals surface area contributed by atoms with Crippen LogP contribution in [0.15, 0.2) is 18.2 Å². The molecule has 4 nitrogen and oxygen atoms in total. The molecule has 0 saturated carbocycles. The molecule has 0 fully saturated rings. The molecule has 0 saturated heterocycles. The normalized spacial score (nSPS) is 11.1. The van der Waals surface area contributed by atoms with Crippen molar-refractivity contribution in [3.8, 4) is 0 Å². The van der Waals surface area contributed by atoms with Crippen molar-refractivity contribution in [1.82, 2.24) is 5.32 Å². The van der Waals surface area contributed by atoms with E-state index in [0.717, 1.165) is 0 Å². The molecule has 0 unspecified atom stereocenters. The number of imide groups is 1. The first-order chi connectivity index (χ1) is 7.71. The fourth-order valence-corrected chi connectivity index (χ4v) is 1.05. The van der Waals surface area contributed by atoms with Crippen molar-refractivity contribution in [3.05, 3.63) is 35.1 Å². The summed E-state index contributed by atoms with van der Waals surface area (Å²) in [6, 6.07) is 0.0833. The van der Waals surface area contributed by atoms with Crippen LogP contribution in [0.5, 0.6) is 0 Å². The van der Waals surface area contributed by atoms with Gasteiger partial charge in [0.2, 0.25) is 0 Å². The van der Waals surface area contributed by atoms with Crippen LogP contribution in [0, 0.1) is 5.82 Å². The Morgan fingerprint density at radius 2 is 1.82 bits per heavy atom. The summed E-state index contributed by atoms with van der Waals surface area (Å²) in [5.74, 6) is -2.60. The predicted octanol–water partition coefficient (Wildman–Crippen LogP) is 1.65. The standard InChI is InChI=1S/C9H6F4N2O2/c10-6-3-4(9(11,12)13)1-2-5(6)7(16)15-8(14)17/h1-3H,(H3,14,15,16,17). The molecule has 1 rings (SSSR count). The third-order valence-corrected chi connectivity index (χ3v) is 1.78. The van der Waals surface area contributed by atoms with Crippen molar-refractivity contribution < 1.29 is 27.2 Å². The molecule has 0 atom stereocenters. The van der Waals surface area contributed by atoms with Crippen LogP contribution in [0.1, 0.15) is 15.9 Å². The van der Waals surface area contributed by atoms with E-state index >= 15 is 0 Å². The largest absolute Gasteiger partial charge is 0.416 e. The number of hydrogen-bond donors (Lipinski definition) is 2. The second-order valence-electron chi connectivity index (χ2n) is 3.01. The number of amides is 3. The number of halogens is 4. The van der Waals surface area contributed by atoms with Crippen molar-refractivity contribution in [1.29, 1.82) is 0 Å². The van der Waals surface area contributed by atoms with Gasteiger partial charge in [0.25, 0.3) is 5.91 Å². The fraction of sp³-hybridized carbons (Fsp3) is 0.111. The first kappa shape index (κ1) is 12.9. The number of alkyl halides is 3. The van der Waals surface area contributed by atoms with Crippen LogP contribution in [-0.2, 0) is 6.18 Å². The number of hydrogen-bond acceptors (Lipinski definition) is 2. The third kappa shape index (κ3) is 3.16. The zero-order chi connectivity index (χ0) is 13.2. The average molecular weight is 250 g/mol. The molecule has 0 aliphatic heterocycles. The Morgan fingerprint density at radius 3 is 2.24 bits per heavy atom. The summed E-state index contributed by atoms with van der Waals surface area (Å²) < 4.78 is 49.7. The number of nitrogens with one attached hydrogen (secondary N) is 1. The van der Waals surface area contributed by atoms with Gasteiger partial charge < -0.3 is 5.73 Å². The van der Waals surface area contributed by atoms with Crippen molar-refractivity contribution in [2.45, 2.75) is 6.18 Å². The SMILES string of the molecule is NC(=O)NC(=O)c1ccc(C(F)(F)F)cc1F. The molecule has 92 valence electrons. The van der Waals surface area contributed by atoms with Gasteiger partial charge in [0.15, 0.2) is 0 Å². The molecule has 0 radical (unpaired) electrons. The van der Waals surface area contributed by atoms with Gasteiger partial charge in [-0.1, -0.05) is 0 Å². The van der Waals surface area contributed by atoms with Crippen LogP contribution in [0.2, 0.25) is 0 Å². The number of rotatable bonds is 1. The summed E-state index contributed by atoms with van der Waals surface area (Å²) in [5.41, 5.74) is 2.68. The van der Waals surface area contributed by atoms with Crippen molar-refractivity contribution >= 4 is 11.9 Å². The minimum Gasteiger partial charge on any atom is -0.351 e. The van der Waals surface area contributed by atoms with Gasteiger partial charge in [-0.15, -0.1) is 0 Å². The number of carbonyl (C=O) groups excluding carboxylic acids is 2. The number of carbonyl (C=O) groups is 2. The highest BCUT2D eigenvalue weighted by atomic mass is 19.4. The topological polar surface area (TPSA) is 72.2 Å². The first-order valence-electron chi connectivity index (χ1n) is 4.19. The second-order valence-corrected chi connectivity index (χ2v) is 3.01. The van der Waals surface area contributed by atoms with Gasteiger partial charge in [-0.2, -0.15) is 13.2 Å². The lowest BCUT2D eigenvalue weighted by Crippen LogP contribution is -2.35. The van der Waals surface area contributed by atoms with E-state index in [4.69, 9.17) is 0 Å². The molecule has 1 aromatic carbocycles. The molecule has 3 N–H and O–H groups in total. The van der Waals surface area contributed by atoms with E-state index in [1.54, 1.807) is 0 Å². The molecule has 1 aromatic rings. The Kier molecular flexibility index (Phi) is 3.35. The van der Waals surface area contributed by atoms with Crippen molar-refractivity contribution in [2.75, 3.05) is 0 Å². The molecule has 0 heterocycles. The Hall–Kier alpha value is -2.12. The molecule has 0 aliphatic carbocycles. The van der Waals surface area contributed by atoms with Gasteiger partial charge in [0.1, 0.15) is 5.82 Å². The second kappa shape index (κ2) is 4.40. The van der Waals surface area contributed by atoms with Crippen molar-refractivity contribution in [2.24, 2.45) is 5.73 Å². The summed E-state index contributed by atoms with van der Waals surface area (Å²) in [4.78, 5) is 21.4. The number of primary amides is 1. The van der Waals surface area contributed by atoms with Crippen LogP contribution >= 0.6 is 0 Å². The zero-order valence-corrected chi connectivity index (χ0v) is 8.14. The Bertz CT molecular complexity index is 471. The molecular weight excluding hydrogens is 244 g/mol. The highest BCUT2D eigenvalue weighted by Crippen LogP contribution is 2.30. The predicted molar refractivity (Wildman–Crippen MR) is 48.5 cm³/mol. The number of urea groups is 1. The monoisotopic (exact) mass is 250 g/mol. The molecule has 8 heteroatoms. The van der Waals surface area contributed by atoms with Gasteiger partial charge in [-0.3, -0.25) is 10.1 Å². The van der Waals surface area contributed by atoms with Gasteiger partial charge in [0.05, 0.1) is 11.1 Å². The smallest absolute Gasteiger partial charge is 0.351 e. The van der Waals surface area contributed by atoms with Crippen LogP contribution in [0.25, 0.3) is 0 Å². The van der Waals surface area contributed by atoms with Gasteiger partial charge in [-0.05, 0) is 18.2 Å². The summed E-state index contributed by atoms with van der Waals surface area (Å²) >= 11 is 0. The molecule has 0 aromatic heterocycles. The van der Waals surface area contributed by atoms with E-state index in [9.17, 15) is 27.2 Å². The summed E-state index contributed by atoms with van der Waals surface area (Å²) in [6.07, 6.45) is -4.71. The third-order valence-electron chi connectivity index (χ3n) is 1.78. The van der Waals surface area contributed by atoms with E-state index in [-0.39, 0.29) is 6.07 Å². The summed E-state index contributed by atoms with van der Waals surface area (Å²) in [6.45, 7) is 0. The van der Waals surface area contributed by atoms with E-state index in [2.05, 4.69) is 5.73 Å². The Morgan fingerprint density at radius 1 is 1.24 bits per heavy atom. The average Bonchev–Trinajstić information content (AvgIpc) is 2.14. The lowest BCUT2D eigenvalue weighted by Gasteiger charge is -2.08. The maximum atomic E-state index is 13.2. The lowest BCUT2D eigenvalue weighted by atomic mass is 10.1. The molecule has 0 aliphatic rings. The molecule has 17 heavy (non-hydrogen) atoms. The molecule has 0 bridgehead atoms. The maximum absolute atomic E-state index is 13.2. The van der Waals surface area contributed by atoms with Crippen molar-refractivity contribution in [3.63, 3.8) is 0 Å². The Balaban J connectivity index is 3.06. The quantitative estimate of drug-likeness (QED) is 0.744. The maximum Gasteiger partial charge on any atom is 0.416 e. The van der Waals surface area contributed by atoms with Crippen LogP contribution < -0.4 is 11.1 Å². The first-order valence-corrected chi connectivity index (χ1v) is 4.19. The highest BCUT2D eigenvalue weighted by molar-refractivity contribution is 6.03. The minimum atomic E-state index is -4.71. The van der Waals surface area contributed by atoms with Gasteiger partial charge in [0, 0.05) is 0 Å². The zero-order valence-electron chi connectivity index (χ0n) is 8.14. The van der Waals surface area contributed by atoms with Gasteiger partial charge in [-0.25, -0.2) is 9.18 Å². The summed E-state index contributed by atoms with van der Waals surface area (Å²) in [5, 5.41) is 1.54. The van der Waals surface area contributed by atoms with Crippen LogP contribution in [0.3, 0.4) is 0 Å². The van der Waals surface area contributed by atoms with E-state index in [1.165, 1.54) is 5.32 Å². The molecule has 3 amide bonds.